The van der Waals surface area contributed by atoms with Crippen LogP contribution in [-0.4, -0.2) is 59.4 Å². The molecule has 1 saturated heterocycles. The maximum absolute atomic E-state index is 13.1. The Morgan fingerprint density at radius 1 is 1.12 bits per heavy atom. The van der Waals surface area contributed by atoms with E-state index in [4.69, 9.17) is 15.6 Å². The number of aryl methyl sites for hydroxylation is 1. The van der Waals surface area contributed by atoms with Gasteiger partial charge in [-0.05, 0) is 107 Å². The third-order valence-electron chi connectivity index (χ3n) is 8.55. The van der Waals surface area contributed by atoms with Gasteiger partial charge in [-0.3, -0.25) is 9.47 Å². The van der Waals surface area contributed by atoms with Gasteiger partial charge in [0.15, 0.2) is 0 Å². The Morgan fingerprint density at radius 2 is 1.83 bits per heavy atom. The lowest BCUT2D eigenvalue weighted by atomic mass is 9.60. The fraction of sp³-hybridized carbons (Fsp3) is 0.515. The first-order valence-corrected chi connectivity index (χ1v) is 15.4. The molecule has 41 heavy (non-hydrogen) atoms. The molecule has 1 aliphatic heterocycles. The van der Waals surface area contributed by atoms with Crippen molar-refractivity contribution in [3.05, 3.63) is 64.8 Å². The highest BCUT2D eigenvalue weighted by Gasteiger charge is 2.48. The second-order valence-corrected chi connectivity index (χ2v) is 13.4. The van der Waals surface area contributed by atoms with Crippen molar-refractivity contribution in [2.75, 3.05) is 27.0 Å². The van der Waals surface area contributed by atoms with Crippen LogP contribution in [0.15, 0.2) is 42.6 Å². The van der Waals surface area contributed by atoms with E-state index in [0.717, 1.165) is 65.6 Å². The van der Waals surface area contributed by atoms with Gasteiger partial charge in [-0.15, -0.1) is 0 Å². The number of nitrogens with zero attached hydrogens (tertiary/aromatic N) is 2. The number of piperidine rings is 1. The maximum Gasteiger partial charge on any atom is 0.419 e. The summed E-state index contributed by atoms with van der Waals surface area (Å²) in [5.41, 5.74) is 3.99. The lowest BCUT2D eigenvalue weighted by molar-refractivity contribution is -0.00568. The predicted octanol–water partition coefficient (Wildman–Crippen LogP) is 7.38. The minimum atomic E-state index is -0.605. The molecule has 7 nitrogen and oxygen atoms in total. The number of esters is 1. The van der Waals surface area contributed by atoms with Crippen molar-refractivity contribution < 1.29 is 25.2 Å². The molecule has 8 heteroatoms. The Labute approximate surface area is 248 Å². The molecule has 0 unspecified atom stereocenters. The average Bonchev–Trinajstić information content (AvgIpc) is 3.39. The van der Waals surface area contributed by atoms with Crippen LogP contribution >= 0.6 is 11.8 Å². The number of likely N-dealkylation sites (tertiary alicyclic amines) is 1. The molecule has 0 bridgehead atoms. The molecular weight excluding hydrogens is 536 g/mol. The Balaban J connectivity index is 1.52. The van der Waals surface area contributed by atoms with Crippen LogP contribution in [0.5, 0.6) is 5.75 Å². The summed E-state index contributed by atoms with van der Waals surface area (Å²) in [4.78, 5) is 27.7. The van der Waals surface area contributed by atoms with Gasteiger partial charge in [-0.2, -0.15) is 11.8 Å². The van der Waals surface area contributed by atoms with Gasteiger partial charge in [0.05, 0.1) is 25.3 Å². The molecule has 0 radical (unpaired) electrons. The number of methoxy groups -OCH3 is 2. The second-order valence-electron chi connectivity index (χ2n) is 12.5. The van der Waals surface area contributed by atoms with Gasteiger partial charge >= 0.3 is 12.1 Å². The summed E-state index contributed by atoms with van der Waals surface area (Å²) in [6.45, 7) is 9.09. The third-order valence-corrected chi connectivity index (χ3v) is 9.41. The zero-order valence-electron chi connectivity index (χ0n) is 26.2. The standard InChI is InChI=1S/C33H42N2O5S/c1-21-16-28(38-5)26(25-12-14-35(29(21)25)31(37)40-32(2,3)4)20-34-15-13-33(17-24(18-33)41-7)19-27(34)22-8-10-23(11-9-22)30(36)39-6/h8-12,14,16,24,27H,13,15,17-20H2,1-7H3/t24?,27-,33?/m0/s1/i24D. The molecule has 3 aromatic rings. The highest BCUT2D eigenvalue weighted by atomic mass is 32.2. The van der Waals surface area contributed by atoms with Crippen molar-refractivity contribution in [2.24, 2.45) is 5.41 Å². The average molecular weight is 580 g/mol. The number of hydrogen-bond acceptors (Lipinski definition) is 7. The van der Waals surface area contributed by atoms with Crippen LogP contribution in [0.1, 0.15) is 80.9 Å². The topological polar surface area (TPSA) is 70.0 Å². The van der Waals surface area contributed by atoms with Crippen LogP contribution in [0.3, 0.4) is 0 Å². The molecule has 2 heterocycles. The lowest BCUT2D eigenvalue weighted by Crippen LogP contribution is -2.49. The first-order chi connectivity index (χ1) is 19.8. The number of carbonyl (C=O) groups is 2. The molecule has 1 aromatic heterocycles. The van der Waals surface area contributed by atoms with Crippen LogP contribution in [0, 0.1) is 12.3 Å². The number of rotatable bonds is 6. The summed E-state index contributed by atoms with van der Waals surface area (Å²) in [5, 5.41) is 0.562. The Bertz CT molecular complexity index is 1490. The summed E-state index contributed by atoms with van der Waals surface area (Å²) in [6.07, 6.45) is 7.18. The predicted molar refractivity (Wildman–Crippen MR) is 164 cm³/mol. The highest BCUT2D eigenvalue weighted by molar-refractivity contribution is 7.99. The van der Waals surface area contributed by atoms with E-state index in [1.807, 2.05) is 70.3 Å². The molecular formula is C33H42N2O5S. The van der Waals surface area contributed by atoms with Crippen LogP contribution in [0.4, 0.5) is 4.79 Å². The first kappa shape index (κ1) is 28.2. The minimum Gasteiger partial charge on any atom is -0.496 e. The van der Waals surface area contributed by atoms with Gasteiger partial charge in [-0.25, -0.2) is 9.59 Å². The van der Waals surface area contributed by atoms with Crippen LogP contribution in [0.25, 0.3) is 10.9 Å². The van der Waals surface area contributed by atoms with Gasteiger partial charge in [-0.1, -0.05) is 12.1 Å². The number of benzene rings is 2. The van der Waals surface area contributed by atoms with E-state index in [2.05, 4.69) is 4.90 Å². The molecule has 1 atom stereocenters. The van der Waals surface area contributed by atoms with E-state index in [-0.39, 0.29) is 17.4 Å². The Hall–Kier alpha value is -2.97. The molecule has 1 spiro atoms. The van der Waals surface area contributed by atoms with Gasteiger partial charge in [0.25, 0.3) is 0 Å². The molecule has 1 aliphatic carbocycles. The van der Waals surface area contributed by atoms with Crippen molar-refractivity contribution in [3.8, 4) is 5.75 Å². The molecule has 0 N–H and O–H groups in total. The van der Waals surface area contributed by atoms with E-state index >= 15 is 0 Å². The molecule has 2 aliphatic rings. The van der Waals surface area contributed by atoms with Crippen molar-refractivity contribution >= 4 is 34.7 Å². The minimum absolute atomic E-state index is 0.103. The molecule has 5 rings (SSSR count). The molecule has 2 aromatic carbocycles. The van der Waals surface area contributed by atoms with Gasteiger partial charge in [0.1, 0.15) is 11.4 Å². The van der Waals surface area contributed by atoms with Gasteiger partial charge < -0.3 is 14.2 Å². The summed E-state index contributed by atoms with van der Waals surface area (Å²) in [7, 11) is 3.08. The van der Waals surface area contributed by atoms with Crippen LogP contribution < -0.4 is 4.74 Å². The summed E-state index contributed by atoms with van der Waals surface area (Å²) < 4.78 is 26.9. The zero-order chi connectivity index (χ0) is 30.4. The fourth-order valence-electron chi connectivity index (χ4n) is 6.48. The Morgan fingerprint density at radius 3 is 2.44 bits per heavy atom. The van der Waals surface area contributed by atoms with E-state index < -0.39 is 16.9 Å². The van der Waals surface area contributed by atoms with Crippen molar-refractivity contribution in [1.82, 2.24) is 9.47 Å². The molecule has 0 amide bonds. The number of hydrogen-bond donors (Lipinski definition) is 0. The number of fused-ring (bicyclic) bond motifs is 1. The number of carbonyl (C=O) groups excluding carboxylic acids is 2. The quantitative estimate of drug-likeness (QED) is 0.282. The largest absolute Gasteiger partial charge is 0.496 e. The zero-order valence-corrected chi connectivity index (χ0v) is 26.0. The number of ether oxygens (including phenoxy) is 3. The molecule has 1 saturated carbocycles. The maximum atomic E-state index is 13.1. The van der Waals surface area contributed by atoms with E-state index in [9.17, 15) is 9.59 Å². The first-order valence-electron chi connectivity index (χ1n) is 14.7. The van der Waals surface area contributed by atoms with E-state index in [1.165, 1.54) is 7.11 Å². The SMILES string of the molecule is [2H]C1(SC)CC2(CCN(Cc3c(OC)cc(C)c4c3ccn4C(=O)OC(C)(C)C)[C@H](c3ccc(C(=O)OC)cc3)C2)C1. The number of aromatic nitrogens is 1. The molecule has 220 valence electrons. The second kappa shape index (κ2) is 11.4. The molecule has 2 fully saturated rings. The van der Waals surface area contributed by atoms with Gasteiger partial charge in [0.2, 0.25) is 0 Å². The van der Waals surface area contributed by atoms with E-state index in [1.54, 1.807) is 29.6 Å². The van der Waals surface area contributed by atoms with Crippen molar-refractivity contribution in [1.29, 1.82) is 0 Å². The lowest BCUT2D eigenvalue weighted by Gasteiger charge is -2.55. The summed E-state index contributed by atoms with van der Waals surface area (Å²) >= 11 is 1.65. The highest BCUT2D eigenvalue weighted by Crippen LogP contribution is 2.57. The van der Waals surface area contributed by atoms with Crippen LogP contribution in [-0.2, 0) is 16.0 Å². The number of thioether (sulfide) groups is 1. The smallest absolute Gasteiger partial charge is 0.419 e. The summed E-state index contributed by atoms with van der Waals surface area (Å²) in [6, 6.07) is 11.8. The monoisotopic (exact) mass is 579 g/mol. The normalized spacial score (nSPS) is 25.0. The van der Waals surface area contributed by atoms with Gasteiger partial charge in [0, 0.05) is 36.3 Å². The van der Waals surface area contributed by atoms with E-state index in [0.29, 0.717) is 12.1 Å². The Kier molecular flexibility index (Phi) is 7.81. The summed E-state index contributed by atoms with van der Waals surface area (Å²) in [5.74, 6) is 0.441. The van der Waals surface area contributed by atoms with Crippen LogP contribution in [0.2, 0.25) is 0 Å². The van der Waals surface area contributed by atoms with Crippen molar-refractivity contribution in [3.63, 3.8) is 0 Å². The van der Waals surface area contributed by atoms with Crippen molar-refractivity contribution in [2.45, 2.75) is 76.8 Å². The third kappa shape index (κ3) is 5.86. The fourth-order valence-corrected chi connectivity index (χ4v) is 7.38.